The van der Waals surface area contributed by atoms with E-state index in [0.29, 0.717) is 13.0 Å². The molecule has 0 atom stereocenters. The van der Waals surface area contributed by atoms with Crippen LogP contribution in [-0.2, 0) is 4.79 Å². The van der Waals surface area contributed by atoms with Crippen LogP contribution in [0, 0.1) is 11.3 Å². The van der Waals surface area contributed by atoms with Crippen LogP contribution < -0.4 is 5.32 Å². The van der Waals surface area contributed by atoms with Gasteiger partial charge >= 0.3 is 5.97 Å². The van der Waals surface area contributed by atoms with Gasteiger partial charge in [0.05, 0.1) is 6.07 Å². The van der Waals surface area contributed by atoms with Crippen LogP contribution in [0.5, 0.6) is 0 Å². The van der Waals surface area contributed by atoms with Gasteiger partial charge in [-0.15, -0.1) is 0 Å². The Bertz CT molecular complexity index is 241. The van der Waals surface area contributed by atoms with Gasteiger partial charge in [0.1, 0.15) is 5.54 Å². The van der Waals surface area contributed by atoms with Crippen LogP contribution in [0.4, 0.5) is 0 Å². The van der Waals surface area contributed by atoms with E-state index in [-0.39, 0.29) is 0 Å². The molecule has 0 aromatic rings. The van der Waals surface area contributed by atoms with E-state index in [1.54, 1.807) is 0 Å². The van der Waals surface area contributed by atoms with Crippen LogP contribution in [0.25, 0.3) is 0 Å². The number of unbranched alkanes of at least 4 members (excludes halogenated alkanes) is 2. The highest BCUT2D eigenvalue weighted by molar-refractivity contribution is 5.79. The number of nitrogens with one attached hydrogen (secondary N) is 1. The number of hydrogen-bond acceptors (Lipinski definition) is 3. The zero-order valence-electron chi connectivity index (χ0n) is 8.25. The molecule has 1 aliphatic rings. The van der Waals surface area contributed by atoms with Gasteiger partial charge in [-0.2, -0.15) is 5.26 Å². The van der Waals surface area contributed by atoms with E-state index in [2.05, 4.69) is 11.4 Å². The van der Waals surface area contributed by atoms with Gasteiger partial charge in [-0.05, 0) is 38.6 Å². The summed E-state index contributed by atoms with van der Waals surface area (Å²) < 4.78 is 0. The van der Waals surface area contributed by atoms with Crippen molar-refractivity contribution in [2.75, 3.05) is 6.54 Å². The fourth-order valence-corrected chi connectivity index (χ4v) is 1.65. The van der Waals surface area contributed by atoms with Crippen LogP contribution in [0.1, 0.15) is 38.5 Å². The molecule has 0 spiro atoms. The van der Waals surface area contributed by atoms with Gasteiger partial charge < -0.3 is 10.4 Å². The zero-order valence-corrected chi connectivity index (χ0v) is 8.25. The van der Waals surface area contributed by atoms with Crippen molar-refractivity contribution in [2.24, 2.45) is 0 Å². The van der Waals surface area contributed by atoms with Crippen molar-refractivity contribution in [3.05, 3.63) is 0 Å². The summed E-state index contributed by atoms with van der Waals surface area (Å²) in [7, 11) is 0. The molecular formula is C10H16N2O2. The van der Waals surface area contributed by atoms with Crippen molar-refractivity contribution in [3.8, 4) is 6.07 Å². The first-order valence-corrected chi connectivity index (χ1v) is 5.07. The number of carboxylic acid groups (broad SMARTS) is 1. The zero-order chi connectivity index (χ0) is 10.4. The molecule has 4 nitrogen and oxygen atoms in total. The molecule has 0 amide bonds. The van der Waals surface area contributed by atoms with Crippen molar-refractivity contribution in [1.82, 2.24) is 5.32 Å². The minimum absolute atomic E-state index is 0.557. The number of aliphatic carboxylic acids is 1. The predicted molar refractivity (Wildman–Crippen MR) is 51.7 cm³/mol. The van der Waals surface area contributed by atoms with Gasteiger partial charge in [-0.3, -0.25) is 4.79 Å². The maximum atomic E-state index is 10.9. The molecule has 14 heavy (non-hydrogen) atoms. The molecule has 0 heterocycles. The van der Waals surface area contributed by atoms with Crippen molar-refractivity contribution < 1.29 is 9.90 Å². The third kappa shape index (κ3) is 2.46. The lowest BCUT2D eigenvalue weighted by molar-refractivity contribution is -0.148. The Labute approximate surface area is 83.9 Å². The third-order valence-corrected chi connectivity index (χ3v) is 2.80. The van der Waals surface area contributed by atoms with Crippen molar-refractivity contribution >= 4 is 5.97 Å². The highest BCUT2D eigenvalue weighted by atomic mass is 16.4. The summed E-state index contributed by atoms with van der Waals surface area (Å²) in [5.74, 6) is -0.732. The summed E-state index contributed by atoms with van der Waals surface area (Å²) in [6.45, 7) is 0.702. The first-order chi connectivity index (χ1) is 6.71. The van der Waals surface area contributed by atoms with Crippen LogP contribution in [0.15, 0.2) is 0 Å². The Morgan fingerprint density at radius 3 is 2.64 bits per heavy atom. The summed E-state index contributed by atoms with van der Waals surface area (Å²) in [5, 5.41) is 20.4. The lowest BCUT2D eigenvalue weighted by Crippen LogP contribution is -2.57. The Morgan fingerprint density at radius 1 is 1.50 bits per heavy atom. The number of carboxylic acids is 1. The van der Waals surface area contributed by atoms with Crippen LogP contribution >= 0.6 is 0 Å². The van der Waals surface area contributed by atoms with E-state index in [1.165, 1.54) is 0 Å². The van der Waals surface area contributed by atoms with Gasteiger partial charge in [0.2, 0.25) is 0 Å². The molecule has 0 unspecified atom stereocenters. The monoisotopic (exact) mass is 196 g/mol. The van der Waals surface area contributed by atoms with E-state index >= 15 is 0 Å². The van der Waals surface area contributed by atoms with Gasteiger partial charge in [0, 0.05) is 6.42 Å². The topological polar surface area (TPSA) is 73.1 Å². The fraction of sp³-hybridized carbons (Fsp3) is 0.800. The first-order valence-electron chi connectivity index (χ1n) is 5.07. The molecule has 0 aliphatic heterocycles. The fourth-order valence-electron chi connectivity index (χ4n) is 1.65. The average molecular weight is 196 g/mol. The van der Waals surface area contributed by atoms with Crippen molar-refractivity contribution in [2.45, 2.75) is 44.1 Å². The summed E-state index contributed by atoms with van der Waals surface area (Å²) in [4.78, 5) is 10.9. The Hall–Kier alpha value is -1.08. The number of hydrogen-bond donors (Lipinski definition) is 2. The highest BCUT2D eigenvalue weighted by Gasteiger charge is 2.43. The Morgan fingerprint density at radius 2 is 2.21 bits per heavy atom. The standard InChI is InChI=1S/C10H16N2O2/c11-7-2-1-3-8-12-10(9(13)14)5-4-6-10/h12H,1-6,8H2,(H,13,14). The second-order valence-electron chi connectivity index (χ2n) is 3.78. The number of nitriles is 1. The molecular weight excluding hydrogens is 180 g/mol. The van der Waals surface area contributed by atoms with Crippen molar-refractivity contribution in [1.29, 1.82) is 5.26 Å². The van der Waals surface area contributed by atoms with E-state index in [4.69, 9.17) is 10.4 Å². The van der Waals surface area contributed by atoms with Gasteiger partial charge in [0.15, 0.2) is 0 Å². The summed E-state index contributed by atoms with van der Waals surface area (Å²) >= 11 is 0. The third-order valence-electron chi connectivity index (χ3n) is 2.80. The minimum atomic E-state index is -0.732. The normalized spacial score (nSPS) is 18.2. The molecule has 78 valence electrons. The molecule has 1 rings (SSSR count). The van der Waals surface area contributed by atoms with E-state index < -0.39 is 11.5 Å². The smallest absolute Gasteiger partial charge is 0.323 e. The number of nitrogens with zero attached hydrogens (tertiary/aromatic N) is 1. The minimum Gasteiger partial charge on any atom is -0.480 e. The van der Waals surface area contributed by atoms with Gasteiger partial charge in [0.25, 0.3) is 0 Å². The second kappa shape index (κ2) is 4.97. The predicted octanol–water partition coefficient (Wildman–Crippen LogP) is 1.28. The molecule has 1 fully saturated rings. The van der Waals surface area contributed by atoms with Crippen LogP contribution in [0.2, 0.25) is 0 Å². The van der Waals surface area contributed by atoms with E-state index in [9.17, 15) is 4.79 Å². The molecule has 0 saturated heterocycles. The molecule has 4 heteroatoms. The summed E-state index contributed by atoms with van der Waals surface area (Å²) in [5.41, 5.74) is -0.646. The lowest BCUT2D eigenvalue weighted by Gasteiger charge is -2.38. The molecule has 0 aromatic heterocycles. The molecule has 0 radical (unpaired) electrons. The summed E-state index contributed by atoms with van der Waals surface area (Å²) in [6, 6.07) is 2.07. The van der Waals surface area contributed by atoms with Crippen LogP contribution in [0.3, 0.4) is 0 Å². The highest BCUT2D eigenvalue weighted by Crippen LogP contribution is 2.31. The van der Waals surface area contributed by atoms with E-state index in [1.807, 2.05) is 0 Å². The maximum Gasteiger partial charge on any atom is 0.323 e. The van der Waals surface area contributed by atoms with Crippen molar-refractivity contribution in [3.63, 3.8) is 0 Å². The second-order valence-corrected chi connectivity index (χ2v) is 3.78. The molecule has 0 bridgehead atoms. The maximum absolute atomic E-state index is 10.9. The van der Waals surface area contributed by atoms with Gasteiger partial charge in [-0.1, -0.05) is 0 Å². The quantitative estimate of drug-likeness (QED) is 0.627. The SMILES string of the molecule is N#CCCCCNC1(C(=O)O)CCC1. The lowest BCUT2D eigenvalue weighted by atomic mass is 9.77. The summed E-state index contributed by atoms with van der Waals surface area (Å²) in [6.07, 6.45) is 4.75. The first kappa shape index (κ1) is 11.0. The number of carbonyl (C=O) groups is 1. The van der Waals surface area contributed by atoms with E-state index in [0.717, 1.165) is 32.1 Å². The number of rotatable bonds is 6. The molecule has 2 N–H and O–H groups in total. The van der Waals surface area contributed by atoms with Crippen LogP contribution in [-0.4, -0.2) is 23.2 Å². The molecule has 1 aliphatic carbocycles. The van der Waals surface area contributed by atoms with Gasteiger partial charge in [-0.25, -0.2) is 0 Å². The molecule has 0 aromatic carbocycles. The Kier molecular flexibility index (Phi) is 3.90. The molecule has 1 saturated carbocycles. The largest absolute Gasteiger partial charge is 0.480 e. The average Bonchev–Trinajstić information content (AvgIpc) is 2.07. The Balaban J connectivity index is 2.16.